The number of aromatic hydroxyl groups is 1. The molecule has 4 N–H and O–H groups in total. The first-order chi connectivity index (χ1) is 19.1. The monoisotopic (exact) mass is 521 g/mol. The van der Waals surface area contributed by atoms with Gasteiger partial charge in [0, 0.05) is 40.4 Å². The van der Waals surface area contributed by atoms with E-state index in [1.165, 1.54) is 12.1 Å². The molecule has 9 nitrogen and oxygen atoms in total. The van der Waals surface area contributed by atoms with Gasteiger partial charge in [0.05, 0.1) is 41.0 Å². The fraction of sp³-hybridized carbons (Fsp3) is 0.172. The number of phenols is 1. The van der Waals surface area contributed by atoms with Gasteiger partial charge in [-0.1, -0.05) is 0 Å². The van der Waals surface area contributed by atoms with E-state index in [9.17, 15) is 9.50 Å². The Kier molecular flexibility index (Phi) is 5.66. The van der Waals surface area contributed by atoms with E-state index in [1.807, 2.05) is 18.2 Å². The summed E-state index contributed by atoms with van der Waals surface area (Å²) < 4.78 is 20.2. The van der Waals surface area contributed by atoms with E-state index in [-0.39, 0.29) is 11.9 Å². The largest absolute Gasteiger partial charge is 0.508 e. The van der Waals surface area contributed by atoms with Crippen molar-refractivity contribution in [3.05, 3.63) is 73.2 Å². The SMILES string of the molecule is Oc1cc(F)cc(-c2cncc3[nH]c(-c4n[nH]c5cnc(-c6cncc(OC7CCNCC7)c6)cc45)cc23)c1. The fourth-order valence-electron chi connectivity index (χ4n) is 5.15. The number of piperidine rings is 1. The zero-order valence-electron chi connectivity index (χ0n) is 20.8. The summed E-state index contributed by atoms with van der Waals surface area (Å²) in [4.78, 5) is 16.7. The molecule has 1 aliphatic heterocycles. The topological polar surface area (TPSA) is 125 Å². The van der Waals surface area contributed by atoms with Crippen LogP contribution in [0.25, 0.3) is 55.6 Å². The van der Waals surface area contributed by atoms with Gasteiger partial charge in [-0.2, -0.15) is 5.10 Å². The van der Waals surface area contributed by atoms with Crippen molar-refractivity contribution >= 4 is 21.8 Å². The maximum absolute atomic E-state index is 14.0. The molecule has 0 saturated carbocycles. The molecule has 6 aromatic rings. The number of ether oxygens (including phenoxy) is 1. The van der Waals surface area contributed by atoms with Crippen molar-refractivity contribution in [2.75, 3.05) is 13.1 Å². The molecule has 0 radical (unpaired) electrons. The summed E-state index contributed by atoms with van der Waals surface area (Å²) in [6.07, 6.45) is 10.8. The van der Waals surface area contributed by atoms with Gasteiger partial charge in [0.15, 0.2) is 0 Å². The normalized spacial score (nSPS) is 14.3. The van der Waals surface area contributed by atoms with Gasteiger partial charge in [0.2, 0.25) is 0 Å². The van der Waals surface area contributed by atoms with Crippen LogP contribution in [0.3, 0.4) is 0 Å². The summed E-state index contributed by atoms with van der Waals surface area (Å²) in [7, 11) is 0. The Morgan fingerprint density at radius 1 is 0.846 bits per heavy atom. The van der Waals surface area contributed by atoms with E-state index in [2.05, 4.69) is 35.5 Å². The lowest BCUT2D eigenvalue weighted by molar-refractivity contribution is 0.162. The quantitative estimate of drug-likeness (QED) is 0.246. The molecule has 0 spiro atoms. The lowest BCUT2D eigenvalue weighted by Gasteiger charge is -2.23. The smallest absolute Gasteiger partial charge is 0.138 e. The van der Waals surface area contributed by atoms with Crippen molar-refractivity contribution in [1.82, 2.24) is 35.5 Å². The third-order valence-corrected chi connectivity index (χ3v) is 7.04. The number of aromatic amines is 2. The molecule has 1 aliphatic rings. The highest BCUT2D eigenvalue weighted by atomic mass is 19.1. The number of fused-ring (bicyclic) bond motifs is 2. The molecule has 5 aromatic heterocycles. The number of nitrogens with one attached hydrogen (secondary N) is 3. The maximum Gasteiger partial charge on any atom is 0.138 e. The van der Waals surface area contributed by atoms with Crippen molar-refractivity contribution < 1.29 is 14.2 Å². The summed E-state index contributed by atoms with van der Waals surface area (Å²) in [6.45, 7) is 1.91. The molecule has 39 heavy (non-hydrogen) atoms. The van der Waals surface area contributed by atoms with Crippen LogP contribution >= 0.6 is 0 Å². The van der Waals surface area contributed by atoms with E-state index in [1.54, 1.807) is 31.0 Å². The number of pyridine rings is 3. The van der Waals surface area contributed by atoms with E-state index in [4.69, 9.17) is 4.74 Å². The van der Waals surface area contributed by atoms with Gasteiger partial charge in [-0.15, -0.1) is 0 Å². The number of benzene rings is 1. The van der Waals surface area contributed by atoms with Gasteiger partial charge < -0.3 is 20.1 Å². The van der Waals surface area contributed by atoms with Gasteiger partial charge in [0.1, 0.15) is 29.1 Å². The lowest BCUT2D eigenvalue weighted by Crippen LogP contribution is -2.34. The number of halogens is 1. The molecule has 0 amide bonds. The summed E-state index contributed by atoms with van der Waals surface area (Å²) in [5.74, 6) is 0.0688. The van der Waals surface area contributed by atoms with Gasteiger partial charge in [-0.05, 0) is 61.8 Å². The second-order valence-corrected chi connectivity index (χ2v) is 9.69. The number of rotatable bonds is 5. The summed E-state index contributed by atoms with van der Waals surface area (Å²) in [6, 6.07) is 9.88. The van der Waals surface area contributed by atoms with Crippen LogP contribution in [0, 0.1) is 5.82 Å². The third-order valence-electron chi connectivity index (χ3n) is 7.04. The van der Waals surface area contributed by atoms with Crippen LogP contribution in [0.4, 0.5) is 4.39 Å². The average molecular weight is 522 g/mol. The van der Waals surface area contributed by atoms with Crippen molar-refractivity contribution in [3.8, 4) is 45.3 Å². The Hall–Kier alpha value is -4.83. The molecule has 1 fully saturated rings. The highest BCUT2D eigenvalue weighted by Gasteiger charge is 2.17. The first kappa shape index (κ1) is 23.3. The number of aromatic nitrogens is 6. The van der Waals surface area contributed by atoms with Crippen molar-refractivity contribution in [1.29, 1.82) is 0 Å². The van der Waals surface area contributed by atoms with Gasteiger partial charge in [0.25, 0.3) is 0 Å². The minimum absolute atomic E-state index is 0.143. The summed E-state index contributed by atoms with van der Waals surface area (Å²) in [5.41, 5.74) is 5.88. The first-order valence-corrected chi connectivity index (χ1v) is 12.7. The Morgan fingerprint density at radius 2 is 1.72 bits per heavy atom. The molecular weight excluding hydrogens is 497 g/mol. The Balaban J connectivity index is 1.26. The van der Waals surface area contributed by atoms with E-state index in [0.29, 0.717) is 16.8 Å². The zero-order valence-corrected chi connectivity index (χ0v) is 20.8. The van der Waals surface area contributed by atoms with Gasteiger partial charge in [-0.25, -0.2) is 4.39 Å². The number of phenolic OH excluding ortho intramolecular Hbond substituents is 1. The minimum Gasteiger partial charge on any atom is -0.508 e. The van der Waals surface area contributed by atoms with E-state index >= 15 is 0 Å². The van der Waals surface area contributed by atoms with Crippen LogP contribution < -0.4 is 10.1 Å². The minimum atomic E-state index is -0.518. The molecule has 6 heterocycles. The summed E-state index contributed by atoms with van der Waals surface area (Å²) in [5, 5.41) is 22.6. The average Bonchev–Trinajstić information content (AvgIpc) is 3.57. The van der Waals surface area contributed by atoms with Crippen LogP contribution in [0.2, 0.25) is 0 Å². The van der Waals surface area contributed by atoms with Crippen LogP contribution in [0.1, 0.15) is 12.8 Å². The van der Waals surface area contributed by atoms with Crippen LogP contribution in [0.15, 0.2) is 67.4 Å². The van der Waals surface area contributed by atoms with E-state index < -0.39 is 5.82 Å². The van der Waals surface area contributed by atoms with Crippen molar-refractivity contribution in [2.24, 2.45) is 0 Å². The lowest BCUT2D eigenvalue weighted by atomic mass is 10.0. The second-order valence-electron chi connectivity index (χ2n) is 9.69. The molecule has 10 heteroatoms. The first-order valence-electron chi connectivity index (χ1n) is 12.7. The van der Waals surface area contributed by atoms with Crippen LogP contribution in [0.5, 0.6) is 11.5 Å². The molecular formula is C29H24FN7O2. The molecule has 0 bridgehead atoms. The van der Waals surface area contributed by atoms with Crippen LogP contribution in [-0.4, -0.2) is 54.4 Å². The second kappa shape index (κ2) is 9.48. The zero-order chi connectivity index (χ0) is 26.3. The van der Waals surface area contributed by atoms with Crippen molar-refractivity contribution in [3.63, 3.8) is 0 Å². The number of H-pyrrole nitrogens is 2. The molecule has 0 unspecified atom stereocenters. The fourth-order valence-corrected chi connectivity index (χ4v) is 5.15. The van der Waals surface area contributed by atoms with Gasteiger partial charge in [-0.3, -0.25) is 20.1 Å². The van der Waals surface area contributed by atoms with Crippen molar-refractivity contribution in [2.45, 2.75) is 18.9 Å². The predicted molar refractivity (Wildman–Crippen MR) is 146 cm³/mol. The van der Waals surface area contributed by atoms with E-state index in [0.717, 1.165) is 76.5 Å². The maximum atomic E-state index is 14.0. The number of hydrogen-bond donors (Lipinski definition) is 4. The Labute approximate surface area is 222 Å². The molecule has 0 atom stereocenters. The van der Waals surface area contributed by atoms with Gasteiger partial charge >= 0.3 is 0 Å². The standard InChI is InChI=1S/C29H24FN7O2/c30-18-5-16(6-19(38)8-18)24-13-33-14-27-22(24)9-26(35-27)29-23-10-25(34-15-28(23)36-37-29)17-7-21(12-32-11-17)39-20-1-3-31-4-2-20/h5-15,20,31,35,38H,1-4H2,(H,36,37). The third kappa shape index (κ3) is 4.44. The van der Waals surface area contributed by atoms with Crippen LogP contribution in [-0.2, 0) is 0 Å². The number of hydrogen-bond acceptors (Lipinski definition) is 7. The predicted octanol–water partition coefficient (Wildman–Crippen LogP) is 5.21. The Morgan fingerprint density at radius 3 is 2.59 bits per heavy atom. The molecule has 194 valence electrons. The highest BCUT2D eigenvalue weighted by molar-refractivity contribution is 6.01. The molecule has 1 aromatic carbocycles. The summed E-state index contributed by atoms with van der Waals surface area (Å²) >= 11 is 0. The highest BCUT2D eigenvalue weighted by Crippen LogP contribution is 2.35. The Bertz CT molecular complexity index is 1800. The number of nitrogens with zero attached hydrogens (tertiary/aromatic N) is 4. The molecule has 1 saturated heterocycles. The molecule has 7 rings (SSSR count). The molecule has 0 aliphatic carbocycles.